The predicted molar refractivity (Wildman–Crippen MR) is 46.9 cm³/mol. The van der Waals surface area contributed by atoms with Gasteiger partial charge in [-0.05, 0) is 12.8 Å². The molecule has 0 aliphatic carbocycles. The molecule has 0 saturated carbocycles. The second kappa shape index (κ2) is 12.5. The number of carboxylic acid groups (broad SMARTS) is 2. The number of nitrogens with two attached hydrogens (primary N) is 2. The molecular formula is C8H12CuN2O6. The van der Waals surface area contributed by atoms with Crippen molar-refractivity contribution in [1.29, 1.82) is 0 Å². The van der Waals surface area contributed by atoms with Gasteiger partial charge in [-0.15, -0.1) is 0 Å². The number of carbonyl (C=O) groups is 4. The van der Waals surface area contributed by atoms with Crippen molar-refractivity contribution in [3.05, 3.63) is 0 Å². The summed E-state index contributed by atoms with van der Waals surface area (Å²) in [5.41, 5.74) is 9.22. The Balaban J connectivity index is -0.000000218. The summed E-state index contributed by atoms with van der Waals surface area (Å²) in [7, 11) is 0. The van der Waals surface area contributed by atoms with Gasteiger partial charge in [-0.25, -0.2) is 0 Å². The van der Waals surface area contributed by atoms with Gasteiger partial charge in [-0.3, -0.25) is 9.59 Å². The minimum atomic E-state index is -1.25. The van der Waals surface area contributed by atoms with E-state index in [1.54, 1.807) is 0 Å². The Morgan fingerprint density at radius 3 is 1.00 bits per heavy atom. The number of hydrogen-bond donors (Lipinski definition) is 2. The molecule has 101 valence electrons. The Bertz CT molecular complexity index is 225. The predicted octanol–water partition coefficient (Wildman–Crippen LogP) is -4.00. The van der Waals surface area contributed by atoms with Crippen LogP contribution in [0.5, 0.6) is 0 Å². The average molecular weight is 296 g/mol. The molecule has 0 unspecified atom stereocenters. The molecule has 0 aliphatic heterocycles. The molecule has 0 aromatic carbocycles. The summed E-state index contributed by atoms with van der Waals surface area (Å²) in [4.78, 5) is 38.8. The molecule has 0 bridgehead atoms. The standard InChI is InChI=1S/2C4H7NO3.Cu/c2*5-3(6)1-2-4(7)8;/h2*1-2H2,(H2,5,6)(H,7,8);/q;;+2/p-2. The number of rotatable bonds is 6. The second-order valence-corrected chi connectivity index (χ2v) is 2.68. The van der Waals surface area contributed by atoms with Crippen LogP contribution in [0, 0.1) is 0 Å². The van der Waals surface area contributed by atoms with Crippen molar-refractivity contribution in [1.82, 2.24) is 0 Å². The van der Waals surface area contributed by atoms with Crippen LogP contribution in [0.2, 0.25) is 0 Å². The molecule has 0 aliphatic rings. The Kier molecular flexibility index (Phi) is 15.2. The molecular weight excluding hydrogens is 284 g/mol. The molecule has 0 spiro atoms. The van der Waals surface area contributed by atoms with E-state index in [0.717, 1.165) is 0 Å². The topological polar surface area (TPSA) is 166 Å². The molecule has 0 rings (SSSR count). The number of carboxylic acids is 2. The largest absolute Gasteiger partial charge is 2.00 e. The first kappa shape index (κ1) is 20.8. The first-order valence-electron chi connectivity index (χ1n) is 4.22. The van der Waals surface area contributed by atoms with Crippen molar-refractivity contribution in [3.63, 3.8) is 0 Å². The maximum absolute atomic E-state index is 9.83. The van der Waals surface area contributed by atoms with Crippen LogP contribution in [-0.4, -0.2) is 23.8 Å². The number of amides is 2. The smallest absolute Gasteiger partial charge is 0.550 e. The van der Waals surface area contributed by atoms with Gasteiger partial charge in [-0.1, -0.05) is 0 Å². The zero-order valence-electron chi connectivity index (χ0n) is 8.73. The van der Waals surface area contributed by atoms with Gasteiger partial charge in [0, 0.05) is 24.8 Å². The van der Waals surface area contributed by atoms with Gasteiger partial charge in [0.05, 0.1) is 0 Å². The maximum Gasteiger partial charge on any atom is 2.00 e. The van der Waals surface area contributed by atoms with Gasteiger partial charge >= 0.3 is 17.1 Å². The number of primary amides is 2. The summed E-state index contributed by atoms with van der Waals surface area (Å²) in [6.07, 6.45) is -0.838. The monoisotopic (exact) mass is 295 g/mol. The minimum Gasteiger partial charge on any atom is -0.550 e. The molecule has 9 heteroatoms. The molecule has 0 aromatic rings. The summed E-state index contributed by atoms with van der Waals surface area (Å²) >= 11 is 0. The molecule has 4 N–H and O–H groups in total. The first-order chi connectivity index (χ1) is 7.25. The summed E-state index contributed by atoms with van der Waals surface area (Å²) < 4.78 is 0. The third kappa shape index (κ3) is 31.4. The van der Waals surface area contributed by atoms with Gasteiger partial charge in [0.2, 0.25) is 11.8 Å². The number of carbonyl (C=O) groups excluding carboxylic acids is 4. The summed E-state index contributed by atoms with van der Waals surface area (Å²) in [6.45, 7) is 0. The van der Waals surface area contributed by atoms with Crippen LogP contribution in [0.1, 0.15) is 25.7 Å². The molecule has 2 amide bonds. The minimum absolute atomic E-state index is 0. The average Bonchev–Trinajstić information content (AvgIpc) is 2.12. The van der Waals surface area contributed by atoms with Gasteiger partial charge in [-0.2, -0.15) is 0 Å². The molecule has 0 atom stereocenters. The van der Waals surface area contributed by atoms with E-state index in [9.17, 15) is 29.4 Å². The molecule has 0 aromatic heterocycles. The van der Waals surface area contributed by atoms with Crippen LogP contribution in [0.15, 0.2) is 0 Å². The van der Waals surface area contributed by atoms with Crippen LogP contribution in [0.4, 0.5) is 0 Å². The van der Waals surface area contributed by atoms with E-state index >= 15 is 0 Å². The Morgan fingerprint density at radius 2 is 0.941 bits per heavy atom. The number of aliphatic carboxylic acids is 2. The zero-order valence-corrected chi connectivity index (χ0v) is 9.68. The van der Waals surface area contributed by atoms with Crippen LogP contribution in [0.3, 0.4) is 0 Å². The third-order valence-electron chi connectivity index (χ3n) is 1.15. The van der Waals surface area contributed by atoms with Crippen molar-refractivity contribution < 1.29 is 46.5 Å². The molecule has 0 heterocycles. The van der Waals surface area contributed by atoms with Crippen LogP contribution in [0.25, 0.3) is 0 Å². The van der Waals surface area contributed by atoms with Gasteiger partial charge in [0.15, 0.2) is 0 Å². The van der Waals surface area contributed by atoms with E-state index in [0.29, 0.717) is 0 Å². The third-order valence-corrected chi connectivity index (χ3v) is 1.15. The van der Waals surface area contributed by atoms with Crippen molar-refractivity contribution in [2.24, 2.45) is 11.5 Å². The van der Waals surface area contributed by atoms with E-state index in [4.69, 9.17) is 0 Å². The van der Waals surface area contributed by atoms with Crippen LogP contribution in [-0.2, 0) is 36.2 Å². The fourth-order valence-corrected chi connectivity index (χ4v) is 0.451. The van der Waals surface area contributed by atoms with E-state index in [-0.39, 0.29) is 42.8 Å². The van der Waals surface area contributed by atoms with Crippen LogP contribution < -0.4 is 21.7 Å². The van der Waals surface area contributed by atoms with E-state index in [2.05, 4.69) is 11.5 Å². The molecule has 0 fully saturated rings. The van der Waals surface area contributed by atoms with E-state index in [1.807, 2.05) is 0 Å². The quantitative estimate of drug-likeness (QED) is 0.473. The second-order valence-electron chi connectivity index (χ2n) is 2.68. The van der Waals surface area contributed by atoms with Crippen molar-refractivity contribution in [2.75, 3.05) is 0 Å². The molecule has 8 nitrogen and oxygen atoms in total. The summed E-state index contributed by atoms with van der Waals surface area (Å²) in [6, 6.07) is 0. The Hall–Kier alpha value is -1.60. The summed E-state index contributed by atoms with van der Waals surface area (Å²) in [5.74, 6) is -3.73. The van der Waals surface area contributed by atoms with E-state index in [1.165, 1.54) is 0 Å². The van der Waals surface area contributed by atoms with Gasteiger partial charge in [0.1, 0.15) is 0 Å². The first-order valence-corrected chi connectivity index (χ1v) is 4.22. The molecule has 0 saturated heterocycles. The van der Waals surface area contributed by atoms with Crippen molar-refractivity contribution >= 4 is 23.8 Å². The fraction of sp³-hybridized carbons (Fsp3) is 0.500. The van der Waals surface area contributed by atoms with Crippen LogP contribution >= 0.6 is 0 Å². The van der Waals surface area contributed by atoms with Crippen molar-refractivity contribution in [2.45, 2.75) is 25.7 Å². The van der Waals surface area contributed by atoms with E-state index < -0.39 is 23.8 Å². The summed E-state index contributed by atoms with van der Waals surface area (Å²) in [5, 5.41) is 19.2. The number of hydrogen-bond acceptors (Lipinski definition) is 6. The maximum atomic E-state index is 9.83. The van der Waals surface area contributed by atoms with Gasteiger partial charge < -0.3 is 31.3 Å². The zero-order chi connectivity index (χ0) is 13.1. The normalized spacial score (nSPS) is 8.00. The fourth-order valence-electron chi connectivity index (χ4n) is 0.451. The Labute approximate surface area is 108 Å². The SMILES string of the molecule is NC(=O)CCC(=O)[O-].NC(=O)CCC(=O)[O-].[Cu+2]. The van der Waals surface area contributed by atoms with Crippen molar-refractivity contribution in [3.8, 4) is 0 Å². The van der Waals surface area contributed by atoms with Gasteiger partial charge in [0.25, 0.3) is 0 Å². The molecule has 17 heavy (non-hydrogen) atoms. The Morgan fingerprint density at radius 1 is 0.706 bits per heavy atom. The molecule has 1 radical (unpaired) electrons.